The lowest BCUT2D eigenvalue weighted by Gasteiger charge is -2.19. The Kier molecular flexibility index (Phi) is 2.88. The highest BCUT2D eigenvalue weighted by atomic mass is 16.5. The molecule has 112 valence electrons. The Bertz CT molecular complexity index is 792. The standard InChI is InChI=1S/C19H18O3/c1-3-10-7-15-16(8-11(10)4-2)18-14-9-12(19(20)21)5-6-13(14)17(15)22-18/h5-9,17-18H,3-4H2,1-2H3,(H,20,21). The van der Waals surface area contributed by atoms with Gasteiger partial charge in [0.25, 0.3) is 0 Å². The Morgan fingerprint density at radius 2 is 1.50 bits per heavy atom. The fraction of sp³-hybridized carbons (Fsp3) is 0.316. The maximum Gasteiger partial charge on any atom is 0.335 e. The molecule has 0 radical (unpaired) electrons. The van der Waals surface area contributed by atoms with E-state index in [1.54, 1.807) is 12.1 Å². The Balaban J connectivity index is 1.87. The monoisotopic (exact) mass is 294 g/mol. The summed E-state index contributed by atoms with van der Waals surface area (Å²) < 4.78 is 6.15. The molecule has 2 aromatic carbocycles. The van der Waals surface area contributed by atoms with Gasteiger partial charge < -0.3 is 9.84 Å². The molecule has 2 atom stereocenters. The van der Waals surface area contributed by atoms with E-state index in [0.29, 0.717) is 5.56 Å². The fourth-order valence-electron chi connectivity index (χ4n) is 3.78. The van der Waals surface area contributed by atoms with Crippen LogP contribution < -0.4 is 0 Å². The number of carboxylic acid groups (broad SMARTS) is 1. The molecular formula is C19H18O3. The minimum atomic E-state index is -0.888. The summed E-state index contributed by atoms with van der Waals surface area (Å²) in [6.07, 6.45) is 1.90. The SMILES string of the molecule is CCc1cc2c(cc1CC)C1OC2c2ccc(C(=O)O)cc21. The van der Waals surface area contributed by atoms with Crippen molar-refractivity contribution < 1.29 is 14.6 Å². The highest BCUT2D eigenvalue weighted by Crippen LogP contribution is 2.54. The molecule has 2 aliphatic heterocycles. The second-order valence-electron chi connectivity index (χ2n) is 6.00. The molecule has 0 saturated carbocycles. The molecule has 4 rings (SSSR count). The van der Waals surface area contributed by atoms with Crippen LogP contribution in [0.3, 0.4) is 0 Å². The van der Waals surface area contributed by atoms with Gasteiger partial charge in [0, 0.05) is 0 Å². The average molecular weight is 294 g/mol. The Morgan fingerprint density at radius 3 is 2.05 bits per heavy atom. The van der Waals surface area contributed by atoms with Crippen molar-refractivity contribution in [2.24, 2.45) is 0 Å². The quantitative estimate of drug-likeness (QED) is 0.929. The lowest BCUT2D eigenvalue weighted by molar-refractivity contribution is 0.0696. The zero-order chi connectivity index (χ0) is 15.4. The number of benzene rings is 2. The van der Waals surface area contributed by atoms with Gasteiger partial charge in [0.05, 0.1) is 5.56 Å². The molecule has 2 bridgehead atoms. The predicted molar refractivity (Wildman–Crippen MR) is 83.4 cm³/mol. The predicted octanol–water partition coefficient (Wildman–Crippen LogP) is 4.03. The van der Waals surface area contributed by atoms with Crippen molar-refractivity contribution in [3.8, 4) is 0 Å². The van der Waals surface area contributed by atoms with Crippen molar-refractivity contribution in [1.29, 1.82) is 0 Å². The van der Waals surface area contributed by atoms with E-state index in [1.165, 1.54) is 22.3 Å². The van der Waals surface area contributed by atoms with Crippen LogP contribution in [0.15, 0.2) is 30.3 Å². The molecule has 0 amide bonds. The molecular weight excluding hydrogens is 276 g/mol. The number of carbonyl (C=O) groups is 1. The van der Waals surface area contributed by atoms with Crippen molar-refractivity contribution in [2.75, 3.05) is 0 Å². The van der Waals surface area contributed by atoms with Crippen molar-refractivity contribution in [3.63, 3.8) is 0 Å². The molecule has 0 aromatic heterocycles. The van der Waals surface area contributed by atoms with Gasteiger partial charge in [-0.05, 0) is 58.4 Å². The molecule has 0 aliphatic carbocycles. The third-order valence-electron chi connectivity index (χ3n) is 4.90. The highest BCUT2D eigenvalue weighted by molar-refractivity contribution is 5.88. The van der Waals surface area contributed by atoms with E-state index in [0.717, 1.165) is 24.0 Å². The van der Waals surface area contributed by atoms with Crippen LogP contribution in [0.5, 0.6) is 0 Å². The lowest BCUT2D eigenvalue weighted by Crippen LogP contribution is -2.07. The molecule has 3 nitrogen and oxygen atoms in total. The van der Waals surface area contributed by atoms with Gasteiger partial charge in [-0.3, -0.25) is 0 Å². The first-order valence-corrected chi connectivity index (χ1v) is 7.82. The molecule has 2 aliphatic rings. The van der Waals surface area contributed by atoms with E-state index in [2.05, 4.69) is 26.0 Å². The Hall–Kier alpha value is -2.13. The second kappa shape index (κ2) is 4.68. The summed E-state index contributed by atoms with van der Waals surface area (Å²) in [6, 6.07) is 9.89. The van der Waals surface area contributed by atoms with Crippen LogP contribution in [0.25, 0.3) is 0 Å². The van der Waals surface area contributed by atoms with Crippen LogP contribution in [-0.2, 0) is 17.6 Å². The average Bonchev–Trinajstić information content (AvgIpc) is 3.09. The molecule has 22 heavy (non-hydrogen) atoms. The third-order valence-corrected chi connectivity index (χ3v) is 4.90. The van der Waals surface area contributed by atoms with Crippen LogP contribution in [0.2, 0.25) is 0 Å². The summed E-state index contributed by atoms with van der Waals surface area (Å²) in [6.45, 7) is 4.35. The van der Waals surface area contributed by atoms with Gasteiger partial charge in [0.1, 0.15) is 12.2 Å². The zero-order valence-electron chi connectivity index (χ0n) is 12.7. The molecule has 0 fully saturated rings. The van der Waals surface area contributed by atoms with Gasteiger partial charge in [-0.25, -0.2) is 4.79 Å². The van der Waals surface area contributed by atoms with Crippen molar-refractivity contribution in [3.05, 3.63) is 69.3 Å². The van der Waals surface area contributed by atoms with Gasteiger partial charge >= 0.3 is 5.97 Å². The minimum absolute atomic E-state index is 0.0333. The van der Waals surface area contributed by atoms with E-state index < -0.39 is 5.97 Å². The summed E-state index contributed by atoms with van der Waals surface area (Å²) in [5.74, 6) is -0.888. The van der Waals surface area contributed by atoms with E-state index in [1.807, 2.05) is 6.07 Å². The Morgan fingerprint density at radius 1 is 0.955 bits per heavy atom. The summed E-state index contributed by atoms with van der Waals surface area (Å²) in [4.78, 5) is 11.2. The largest absolute Gasteiger partial charge is 0.478 e. The number of hydrogen-bond acceptors (Lipinski definition) is 2. The van der Waals surface area contributed by atoms with E-state index in [4.69, 9.17) is 4.74 Å². The topological polar surface area (TPSA) is 46.5 Å². The second-order valence-corrected chi connectivity index (χ2v) is 6.00. The van der Waals surface area contributed by atoms with E-state index in [9.17, 15) is 9.90 Å². The first-order chi connectivity index (χ1) is 10.6. The number of ether oxygens (including phenoxy) is 1. The maximum atomic E-state index is 11.2. The van der Waals surface area contributed by atoms with Crippen LogP contribution in [0, 0.1) is 0 Å². The zero-order valence-corrected chi connectivity index (χ0v) is 12.7. The smallest absolute Gasteiger partial charge is 0.335 e. The van der Waals surface area contributed by atoms with Gasteiger partial charge in [-0.1, -0.05) is 32.0 Å². The molecule has 0 spiro atoms. The van der Waals surface area contributed by atoms with Crippen molar-refractivity contribution >= 4 is 5.97 Å². The van der Waals surface area contributed by atoms with Crippen LogP contribution in [0.1, 0.15) is 69.8 Å². The van der Waals surface area contributed by atoms with E-state index in [-0.39, 0.29) is 12.2 Å². The van der Waals surface area contributed by atoms with Gasteiger partial charge in [0.2, 0.25) is 0 Å². The Labute approximate surface area is 129 Å². The molecule has 0 saturated heterocycles. The molecule has 1 N–H and O–H groups in total. The number of carboxylic acids is 1. The maximum absolute atomic E-state index is 11.2. The van der Waals surface area contributed by atoms with Crippen molar-refractivity contribution in [2.45, 2.75) is 38.9 Å². The van der Waals surface area contributed by atoms with Gasteiger partial charge in [-0.15, -0.1) is 0 Å². The van der Waals surface area contributed by atoms with E-state index >= 15 is 0 Å². The summed E-state index contributed by atoms with van der Waals surface area (Å²) in [5, 5.41) is 9.19. The highest BCUT2D eigenvalue weighted by Gasteiger charge is 2.43. The van der Waals surface area contributed by atoms with Crippen LogP contribution >= 0.6 is 0 Å². The van der Waals surface area contributed by atoms with Gasteiger partial charge in [0.15, 0.2) is 0 Å². The lowest BCUT2D eigenvalue weighted by atomic mass is 9.82. The number of aryl methyl sites for hydroxylation is 2. The summed E-state index contributed by atoms with van der Waals surface area (Å²) in [5.41, 5.74) is 7.70. The minimum Gasteiger partial charge on any atom is -0.478 e. The normalized spacial score (nSPS) is 20.8. The molecule has 3 heteroatoms. The molecule has 2 aromatic rings. The first kappa shape index (κ1) is 13.5. The third kappa shape index (κ3) is 1.69. The summed E-state index contributed by atoms with van der Waals surface area (Å²) in [7, 11) is 0. The number of aromatic carboxylic acids is 1. The number of hydrogen-bond donors (Lipinski definition) is 1. The molecule has 2 unspecified atom stereocenters. The van der Waals surface area contributed by atoms with Gasteiger partial charge in [-0.2, -0.15) is 0 Å². The van der Waals surface area contributed by atoms with Crippen LogP contribution in [-0.4, -0.2) is 11.1 Å². The van der Waals surface area contributed by atoms with Crippen LogP contribution in [0.4, 0.5) is 0 Å². The first-order valence-electron chi connectivity index (χ1n) is 7.82. The molecule has 2 heterocycles. The number of fused-ring (bicyclic) bond motifs is 8. The summed E-state index contributed by atoms with van der Waals surface area (Å²) >= 11 is 0. The fourth-order valence-corrected chi connectivity index (χ4v) is 3.78. The van der Waals surface area contributed by atoms with Crippen molar-refractivity contribution in [1.82, 2.24) is 0 Å². The number of rotatable bonds is 3.